The van der Waals surface area contributed by atoms with E-state index in [9.17, 15) is 4.79 Å². The SMILES string of the molecule is COc1ccc2cc(C(=O)N3CCC(Cn4c(C)cnc4C4CC4)CC3)[nH]c2c1. The minimum Gasteiger partial charge on any atom is -0.497 e. The van der Waals surface area contributed by atoms with Gasteiger partial charge in [-0.15, -0.1) is 0 Å². The van der Waals surface area contributed by atoms with Crippen LogP contribution in [0.1, 0.15) is 53.6 Å². The maximum Gasteiger partial charge on any atom is 0.270 e. The number of nitrogens with zero attached hydrogens (tertiary/aromatic N) is 3. The van der Waals surface area contributed by atoms with Crippen molar-refractivity contribution >= 4 is 16.8 Å². The molecule has 1 saturated carbocycles. The Morgan fingerprint density at radius 1 is 1.21 bits per heavy atom. The zero-order valence-electron chi connectivity index (χ0n) is 17.1. The van der Waals surface area contributed by atoms with Crippen molar-refractivity contribution in [2.45, 2.75) is 45.1 Å². The smallest absolute Gasteiger partial charge is 0.270 e. The van der Waals surface area contributed by atoms with Gasteiger partial charge in [0.05, 0.1) is 7.11 Å². The molecule has 2 fully saturated rings. The first kappa shape index (κ1) is 18.3. The average molecular weight is 393 g/mol. The molecule has 1 amide bonds. The zero-order valence-corrected chi connectivity index (χ0v) is 17.1. The van der Waals surface area contributed by atoms with Crippen LogP contribution in [-0.4, -0.2) is 45.5 Å². The molecule has 0 radical (unpaired) electrons. The minimum atomic E-state index is 0.0936. The predicted molar refractivity (Wildman–Crippen MR) is 112 cm³/mol. The van der Waals surface area contributed by atoms with Crippen molar-refractivity contribution in [3.63, 3.8) is 0 Å². The predicted octanol–water partition coefficient (Wildman–Crippen LogP) is 4.11. The molecule has 5 rings (SSSR count). The summed E-state index contributed by atoms with van der Waals surface area (Å²) in [6.45, 7) is 4.82. The number of methoxy groups -OCH3 is 1. The molecule has 6 nitrogen and oxygen atoms in total. The van der Waals surface area contributed by atoms with Crippen molar-refractivity contribution in [1.82, 2.24) is 19.4 Å². The summed E-state index contributed by atoms with van der Waals surface area (Å²) in [7, 11) is 1.65. The number of benzene rings is 1. The van der Waals surface area contributed by atoms with Gasteiger partial charge in [0.25, 0.3) is 5.91 Å². The molecule has 2 aromatic heterocycles. The highest BCUT2D eigenvalue weighted by Crippen LogP contribution is 2.40. The Balaban J connectivity index is 1.23. The molecule has 1 N–H and O–H groups in total. The Hall–Kier alpha value is -2.76. The molecule has 3 aromatic rings. The fraction of sp³-hybridized carbons (Fsp3) is 0.478. The fourth-order valence-corrected chi connectivity index (χ4v) is 4.48. The van der Waals surface area contributed by atoms with Crippen molar-refractivity contribution in [2.75, 3.05) is 20.2 Å². The van der Waals surface area contributed by atoms with Crippen LogP contribution in [-0.2, 0) is 6.54 Å². The van der Waals surface area contributed by atoms with Crippen molar-refractivity contribution in [3.8, 4) is 5.75 Å². The normalized spacial score (nSPS) is 17.8. The Kier molecular flexibility index (Phi) is 4.57. The number of carbonyl (C=O) groups excluding carboxylic acids is 1. The third-order valence-electron chi connectivity index (χ3n) is 6.43. The number of ether oxygens (including phenoxy) is 1. The Labute approximate surface area is 170 Å². The highest BCUT2D eigenvalue weighted by Gasteiger charge is 2.30. The Bertz CT molecular complexity index is 1040. The number of imidazole rings is 1. The zero-order chi connectivity index (χ0) is 20.0. The highest BCUT2D eigenvalue weighted by molar-refractivity contribution is 5.98. The summed E-state index contributed by atoms with van der Waals surface area (Å²) < 4.78 is 7.70. The number of carbonyl (C=O) groups is 1. The topological polar surface area (TPSA) is 63.1 Å². The van der Waals surface area contributed by atoms with Crippen LogP contribution >= 0.6 is 0 Å². The number of rotatable bonds is 5. The van der Waals surface area contributed by atoms with Crippen LogP contribution in [0.2, 0.25) is 0 Å². The van der Waals surface area contributed by atoms with E-state index in [1.807, 2.05) is 35.4 Å². The molecule has 1 aromatic carbocycles. The van der Waals surface area contributed by atoms with Crippen LogP contribution < -0.4 is 4.74 Å². The standard InChI is InChI=1S/C23H28N4O2/c1-15-13-24-22(17-3-4-17)27(15)14-16-7-9-26(10-8-16)23(28)21-11-18-5-6-19(29-2)12-20(18)25-21/h5-6,11-13,16-17,25H,3-4,7-10,14H2,1-2H3. The number of hydrogen-bond donors (Lipinski definition) is 1. The van der Waals surface area contributed by atoms with E-state index < -0.39 is 0 Å². The molecule has 1 aliphatic heterocycles. The first-order chi connectivity index (χ1) is 14.1. The van der Waals surface area contributed by atoms with E-state index in [4.69, 9.17) is 4.74 Å². The average Bonchev–Trinajstić information content (AvgIpc) is 3.40. The second-order valence-electron chi connectivity index (χ2n) is 8.51. The minimum absolute atomic E-state index is 0.0936. The van der Waals surface area contributed by atoms with E-state index in [0.29, 0.717) is 17.5 Å². The molecule has 1 saturated heterocycles. The second-order valence-corrected chi connectivity index (χ2v) is 8.51. The number of fused-ring (bicyclic) bond motifs is 1. The summed E-state index contributed by atoms with van der Waals surface area (Å²) in [6.07, 6.45) is 6.65. The maximum atomic E-state index is 13.0. The number of likely N-dealkylation sites (tertiary alicyclic amines) is 1. The van der Waals surface area contributed by atoms with Crippen LogP contribution in [0.3, 0.4) is 0 Å². The van der Waals surface area contributed by atoms with Crippen LogP contribution in [0.5, 0.6) is 5.75 Å². The first-order valence-corrected chi connectivity index (χ1v) is 10.6. The van der Waals surface area contributed by atoms with E-state index in [0.717, 1.165) is 49.1 Å². The van der Waals surface area contributed by atoms with Gasteiger partial charge in [0, 0.05) is 54.4 Å². The summed E-state index contributed by atoms with van der Waals surface area (Å²) in [4.78, 5) is 22.9. The Morgan fingerprint density at radius 3 is 2.72 bits per heavy atom. The Morgan fingerprint density at radius 2 is 2.00 bits per heavy atom. The molecular weight excluding hydrogens is 364 g/mol. The van der Waals surface area contributed by atoms with Crippen molar-refractivity contribution in [2.24, 2.45) is 5.92 Å². The number of aryl methyl sites for hydroxylation is 1. The second kappa shape index (κ2) is 7.25. The molecule has 152 valence electrons. The molecule has 1 aliphatic carbocycles. The van der Waals surface area contributed by atoms with E-state index in [-0.39, 0.29) is 5.91 Å². The molecule has 29 heavy (non-hydrogen) atoms. The largest absolute Gasteiger partial charge is 0.497 e. The number of nitrogens with one attached hydrogen (secondary N) is 1. The monoisotopic (exact) mass is 392 g/mol. The lowest BCUT2D eigenvalue weighted by molar-refractivity contribution is 0.0677. The van der Waals surface area contributed by atoms with Gasteiger partial charge in [-0.2, -0.15) is 0 Å². The lowest BCUT2D eigenvalue weighted by Crippen LogP contribution is -2.39. The molecular formula is C23H28N4O2. The van der Waals surface area contributed by atoms with Gasteiger partial charge in [-0.3, -0.25) is 4.79 Å². The molecule has 0 spiro atoms. The molecule has 0 atom stereocenters. The summed E-state index contributed by atoms with van der Waals surface area (Å²) in [5.74, 6) is 3.44. The molecule has 6 heteroatoms. The van der Waals surface area contributed by atoms with Crippen molar-refractivity contribution in [1.29, 1.82) is 0 Å². The molecule has 2 aliphatic rings. The number of piperidine rings is 1. The van der Waals surface area contributed by atoms with Crippen LogP contribution in [0.4, 0.5) is 0 Å². The van der Waals surface area contributed by atoms with E-state index >= 15 is 0 Å². The number of amides is 1. The lowest BCUT2D eigenvalue weighted by atomic mass is 9.96. The fourth-order valence-electron chi connectivity index (χ4n) is 4.48. The molecule has 3 heterocycles. The van der Waals surface area contributed by atoms with Gasteiger partial charge in [0.1, 0.15) is 17.3 Å². The summed E-state index contributed by atoms with van der Waals surface area (Å²) in [5, 5.41) is 1.03. The van der Waals surface area contributed by atoms with Crippen molar-refractivity contribution < 1.29 is 9.53 Å². The first-order valence-electron chi connectivity index (χ1n) is 10.6. The summed E-state index contributed by atoms with van der Waals surface area (Å²) in [6, 6.07) is 7.78. The van der Waals surface area contributed by atoms with Crippen LogP contribution in [0, 0.1) is 12.8 Å². The lowest BCUT2D eigenvalue weighted by Gasteiger charge is -2.32. The van der Waals surface area contributed by atoms with E-state index in [1.54, 1.807) is 7.11 Å². The van der Waals surface area contributed by atoms with E-state index in [2.05, 4.69) is 21.5 Å². The quantitative estimate of drug-likeness (QED) is 0.711. The highest BCUT2D eigenvalue weighted by atomic mass is 16.5. The van der Waals surface area contributed by atoms with Gasteiger partial charge < -0.3 is 19.2 Å². The number of H-pyrrole nitrogens is 1. The van der Waals surface area contributed by atoms with Crippen LogP contribution in [0.15, 0.2) is 30.5 Å². The maximum absolute atomic E-state index is 13.0. The summed E-state index contributed by atoms with van der Waals surface area (Å²) >= 11 is 0. The third kappa shape index (κ3) is 3.52. The van der Waals surface area contributed by atoms with Gasteiger partial charge in [-0.1, -0.05) is 0 Å². The molecule has 0 unspecified atom stereocenters. The van der Waals surface area contributed by atoms with E-state index in [1.165, 1.54) is 24.4 Å². The van der Waals surface area contributed by atoms with Gasteiger partial charge in [-0.25, -0.2) is 4.98 Å². The molecule has 0 bridgehead atoms. The number of hydrogen-bond acceptors (Lipinski definition) is 3. The van der Waals surface area contributed by atoms with Gasteiger partial charge in [0.2, 0.25) is 0 Å². The number of aromatic nitrogens is 3. The summed E-state index contributed by atoms with van der Waals surface area (Å²) in [5.41, 5.74) is 2.86. The third-order valence-corrected chi connectivity index (χ3v) is 6.43. The van der Waals surface area contributed by atoms with Gasteiger partial charge >= 0.3 is 0 Å². The van der Waals surface area contributed by atoms with Gasteiger partial charge in [0.15, 0.2) is 0 Å². The number of aromatic amines is 1. The van der Waals surface area contributed by atoms with Crippen LogP contribution in [0.25, 0.3) is 10.9 Å². The van der Waals surface area contributed by atoms with Crippen molar-refractivity contribution in [3.05, 3.63) is 47.7 Å². The van der Waals surface area contributed by atoms with Gasteiger partial charge in [-0.05, 0) is 56.7 Å².